The van der Waals surface area contributed by atoms with E-state index < -0.39 is 0 Å². The average Bonchev–Trinajstić information content (AvgIpc) is 2.57. The van der Waals surface area contributed by atoms with Crippen molar-refractivity contribution in [1.29, 1.82) is 0 Å². The Morgan fingerprint density at radius 3 is 2.89 bits per heavy atom. The number of hydrogen-bond acceptors (Lipinski definition) is 3. The quantitative estimate of drug-likeness (QED) is 0.924. The monoisotopic (exact) mass is 264 g/mol. The molecule has 0 unspecified atom stereocenters. The number of aromatic nitrogens is 3. The third-order valence-corrected chi connectivity index (χ3v) is 2.75. The molecule has 0 saturated heterocycles. The first-order valence-corrected chi connectivity index (χ1v) is 5.84. The molecule has 0 aliphatic carbocycles. The van der Waals surface area contributed by atoms with E-state index in [1.807, 2.05) is 13.0 Å². The Kier molecular flexibility index (Phi) is 3.62. The lowest BCUT2D eigenvalue weighted by Gasteiger charge is -2.04. The van der Waals surface area contributed by atoms with E-state index in [1.54, 1.807) is 25.4 Å². The lowest BCUT2D eigenvalue weighted by atomic mass is 10.3. The van der Waals surface area contributed by atoms with Gasteiger partial charge in [-0.25, -0.2) is 4.98 Å². The van der Waals surface area contributed by atoms with Crippen molar-refractivity contribution in [3.05, 3.63) is 40.8 Å². The number of rotatable bonds is 3. The molecule has 0 bridgehead atoms. The number of halogens is 1. The first-order valence-electron chi connectivity index (χ1n) is 5.46. The first kappa shape index (κ1) is 12.6. The lowest BCUT2D eigenvalue weighted by Crippen LogP contribution is -2.19. The second kappa shape index (κ2) is 5.18. The number of amides is 1. The van der Waals surface area contributed by atoms with Crippen LogP contribution in [0.1, 0.15) is 11.3 Å². The molecule has 0 radical (unpaired) electrons. The highest BCUT2D eigenvalue weighted by Crippen LogP contribution is 2.12. The summed E-state index contributed by atoms with van der Waals surface area (Å²) in [5.74, 6) is 0.349. The Morgan fingerprint density at radius 2 is 2.28 bits per heavy atom. The maximum Gasteiger partial charge on any atom is 0.247 e. The number of nitrogens with zero attached hydrogens (tertiary/aromatic N) is 3. The van der Waals surface area contributed by atoms with Crippen molar-refractivity contribution in [2.24, 2.45) is 0 Å². The Morgan fingerprint density at radius 1 is 1.50 bits per heavy atom. The summed E-state index contributed by atoms with van der Waals surface area (Å²) in [5, 5.41) is 7.37. The van der Waals surface area contributed by atoms with Crippen molar-refractivity contribution in [1.82, 2.24) is 14.8 Å². The van der Waals surface area contributed by atoms with Crippen LogP contribution < -0.4 is 5.32 Å². The number of aryl methyl sites for hydroxylation is 2. The molecular formula is C12H13ClN4O. The topological polar surface area (TPSA) is 59.8 Å². The molecule has 1 N–H and O–H groups in total. The molecule has 0 saturated carbocycles. The van der Waals surface area contributed by atoms with Crippen molar-refractivity contribution in [3.63, 3.8) is 0 Å². The van der Waals surface area contributed by atoms with Crippen molar-refractivity contribution >= 4 is 23.3 Å². The maximum absolute atomic E-state index is 11.8. The number of pyridine rings is 1. The van der Waals surface area contributed by atoms with E-state index in [1.165, 1.54) is 4.68 Å². The molecule has 2 aromatic heterocycles. The summed E-state index contributed by atoms with van der Waals surface area (Å²) in [6.07, 6.45) is 3.28. The predicted molar refractivity (Wildman–Crippen MR) is 69.6 cm³/mol. The van der Waals surface area contributed by atoms with Crippen LogP contribution in [0.25, 0.3) is 0 Å². The summed E-state index contributed by atoms with van der Waals surface area (Å²) >= 11 is 5.87. The van der Waals surface area contributed by atoms with Crippen LogP contribution >= 0.6 is 11.6 Å². The third kappa shape index (κ3) is 3.07. The summed E-state index contributed by atoms with van der Waals surface area (Å²) in [6, 6.07) is 3.67. The summed E-state index contributed by atoms with van der Waals surface area (Å²) < 4.78 is 1.50. The fourth-order valence-electron chi connectivity index (χ4n) is 1.51. The third-order valence-electron chi connectivity index (χ3n) is 2.37. The van der Waals surface area contributed by atoms with Gasteiger partial charge in [0.2, 0.25) is 5.91 Å². The standard InChI is InChI=1S/C12H13ClN4O/c1-8-3-4-14-11(5-8)15-12(18)7-17-6-10(13)9(2)16-17/h3-6H,7H2,1-2H3,(H,14,15,18). The van der Waals surface area contributed by atoms with Gasteiger partial charge in [0, 0.05) is 12.4 Å². The summed E-state index contributed by atoms with van der Waals surface area (Å²) in [7, 11) is 0. The highest BCUT2D eigenvalue weighted by Gasteiger charge is 2.07. The van der Waals surface area contributed by atoms with Gasteiger partial charge in [-0.3, -0.25) is 9.48 Å². The van der Waals surface area contributed by atoms with Gasteiger partial charge in [0.1, 0.15) is 12.4 Å². The Balaban J connectivity index is 2.01. The van der Waals surface area contributed by atoms with Crippen molar-refractivity contribution in [2.45, 2.75) is 20.4 Å². The first-order chi connectivity index (χ1) is 8.54. The van der Waals surface area contributed by atoms with E-state index in [2.05, 4.69) is 15.4 Å². The van der Waals surface area contributed by atoms with Crippen LogP contribution in [0.15, 0.2) is 24.5 Å². The Hall–Kier alpha value is -1.88. The second-order valence-electron chi connectivity index (χ2n) is 4.03. The molecule has 0 fully saturated rings. The smallest absolute Gasteiger partial charge is 0.247 e. The Bertz CT molecular complexity index is 560. The summed E-state index contributed by atoms with van der Waals surface area (Å²) in [4.78, 5) is 15.8. The fourth-order valence-corrected chi connectivity index (χ4v) is 1.66. The molecule has 2 heterocycles. The van der Waals surface area contributed by atoms with Gasteiger partial charge in [-0.15, -0.1) is 0 Å². The molecule has 6 heteroatoms. The molecule has 0 aliphatic heterocycles. The van der Waals surface area contributed by atoms with Crippen LogP contribution in [0.2, 0.25) is 5.02 Å². The van der Waals surface area contributed by atoms with Crippen molar-refractivity contribution in [3.8, 4) is 0 Å². The van der Waals surface area contributed by atoms with Gasteiger partial charge in [-0.05, 0) is 31.5 Å². The molecule has 5 nitrogen and oxygen atoms in total. The maximum atomic E-state index is 11.8. The zero-order valence-corrected chi connectivity index (χ0v) is 10.9. The normalized spacial score (nSPS) is 10.4. The van der Waals surface area contributed by atoms with Gasteiger partial charge in [0.05, 0.1) is 10.7 Å². The number of carbonyl (C=O) groups excluding carboxylic acids is 1. The van der Waals surface area contributed by atoms with Gasteiger partial charge in [-0.1, -0.05) is 11.6 Å². The van der Waals surface area contributed by atoms with Crippen LogP contribution in [0.5, 0.6) is 0 Å². The van der Waals surface area contributed by atoms with Gasteiger partial charge in [0.25, 0.3) is 0 Å². The predicted octanol–water partition coefficient (Wildman–Crippen LogP) is 2.19. The van der Waals surface area contributed by atoms with E-state index >= 15 is 0 Å². The zero-order chi connectivity index (χ0) is 13.1. The highest BCUT2D eigenvalue weighted by molar-refractivity contribution is 6.31. The van der Waals surface area contributed by atoms with Crippen LogP contribution in [-0.2, 0) is 11.3 Å². The molecular weight excluding hydrogens is 252 g/mol. The van der Waals surface area contributed by atoms with Gasteiger partial charge in [-0.2, -0.15) is 5.10 Å². The molecule has 0 spiro atoms. The molecule has 0 aliphatic rings. The van der Waals surface area contributed by atoms with Crippen LogP contribution in [0.3, 0.4) is 0 Å². The molecule has 2 aromatic rings. The minimum atomic E-state index is -0.188. The molecule has 94 valence electrons. The van der Waals surface area contributed by atoms with Crippen LogP contribution in [0, 0.1) is 13.8 Å². The molecule has 1 amide bonds. The lowest BCUT2D eigenvalue weighted by molar-refractivity contribution is -0.116. The Labute approximate surface area is 110 Å². The molecule has 18 heavy (non-hydrogen) atoms. The van der Waals surface area contributed by atoms with E-state index in [0.717, 1.165) is 5.56 Å². The fraction of sp³-hybridized carbons (Fsp3) is 0.250. The van der Waals surface area contributed by atoms with Crippen LogP contribution in [0.4, 0.5) is 5.82 Å². The highest BCUT2D eigenvalue weighted by atomic mass is 35.5. The number of hydrogen-bond donors (Lipinski definition) is 1. The van der Waals surface area contributed by atoms with Gasteiger partial charge >= 0.3 is 0 Å². The molecule has 0 atom stereocenters. The summed E-state index contributed by atoms with van der Waals surface area (Å²) in [6.45, 7) is 3.84. The largest absolute Gasteiger partial charge is 0.309 e. The number of carbonyl (C=O) groups is 1. The second-order valence-corrected chi connectivity index (χ2v) is 4.43. The molecule has 2 rings (SSSR count). The summed E-state index contributed by atoms with van der Waals surface area (Å²) in [5.41, 5.74) is 1.75. The average molecular weight is 265 g/mol. The number of anilines is 1. The number of nitrogens with one attached hydrogen (secondary N) is 1. The van der Waals surface area contributed by atoms with Crippen LogP contribution in [-0.4, -0.2) is 20.7 Å². The van der Waals surface area contributed by atoms with Gasteiger partial charge in [0.15, 0.2) is 0 Å². The van der Waals surface area contributed by atoms with E-state index in [-0.39, 0.29) is 12.5 Å². The van der Waals surface area contributed by atoms with E-state index in [0.29, 0.717) is 16.5 Å². The van der Waals surface area contributed by atoms with E-state index in [4.69, 9.17) is 11.6 Å². The van der Waals surface area contributed by atoms with E-state index in [9.17, 15) is 4.79 Å². The minimum Gasteiger partial charge on any atom is -0.309 e. The van der Waals surface area contributed by atoms with Gasteiger partial charge < -0.3 is 5.32 Å². The minimum absolute atomic E-state index is 0.114. The zero-order valence-electron chi connectivity index (χ0n) is 10.1. The van der Waals surface area contributed by atoms with Crippen molar-refractivity contribution in [2.75, 3.05) is 5.32 Å². The van der Waals surface area contributed by atoms with Crippen molar-refractivity contribution < 1.29 is 4.79 Å². The SMILES string of the molecule is Cc1ccnc(NC(=O)Cn2cc(Cl)c(C)n2)c1. The molecule has 0 aromatic carbocycles.